The van der Waals surface area contributed by atoms with Crippen LogP contribution in [0.3, 0.4) is 0 Å². The van der Waals surface area contributed by atoms with E-state index < -0.39 is 0 Å². The predicted octanol–water partition coefficient (Wildman–Crippen LogP) is 5.54. The summed E-state index contributed by atoms with van der Waals surface area (Å²) in [5.41, 5.74) is 5.55. The van der Waals surface area contributed by atoms with Crippen molar-refractivity contribution in [2.75, 3.05) is 12.4 Å². The van der Waals surface area contributed by atoms with Gasteiger partial charge in [0.15, 0.2) is 0 Å². The van der Waals surface area contributed by atoms with E-state index in [1.54, 1.807) is 25.3 Å². The number of anilines is 1. The average Bonchev–Trinajstić information content (AvgIpc) is 3.11. The second kappa shape index (κ2) is 8.59. The molecule has 0 unspecified atom stereocenters. The molecule has 30 heavy (non-hydrogen) atoms. The Kier molecular flexibility index (Phi) is 5.72. The summed E-state index contributed by atoms with van der Waals surface area (Å²) in [6, 6.07) is 19.3. The molecule has 0 aliphatic carbocycles. The molecular weight excluding hydrogens is 398 g/mol. The largest absolute Gasteiger partial charge is 0.495 e. The standard InChI is InChI=1S/C24H22ClN3O2/c1-16-6-8-17(9-7-16)24-20(28-14-4-3-5-22(28)27-24)11-13-23(29)26-19-15-18(25)10-12-21(19)30-2/h3-10,12,14-15H,11,13H2,1-2H3,(H,26,29). The van der Waals surface area contributed by atoms with Crippen LogP contribution in [0.5, 0.6) is 5.75 Å². The normalized spacial score (nSPS) is 10.9. The lowest BCUT2D eigenvalue weighted by molar-refractivity contribution is -0.116. The Hall–Kier alpha value is -3.31. The van der Waals surface area contributed by atoms with Crippen molar-refractivity contribution in [2.24, 2.45) is 0 Å². The third kappa shape index (κ3) is 4.16. The second-order valence-electron chi connectivity index (χ2n) is 7.09. The fourth-order valence-corrected chi connectivity index (χ4v) is 3.62. The first kappa shape index (κ1) is 20.0. The number of hydrogen-bond acceptors (Lipinski definition) is 3. The zero-order valence-corrected chi connectivity index (χ0v) is 17.6. The first-order valence-corrected chi connectivity index (χ1v) is 10.1. The molecular formula is C24H22ClN3O2. The maximum Gasteiger partial charge on any atom is 0.224 e. The Balaban J connectivity index is 1.59. The Labute approximate surface area is 180 Å². The number of halogens is 1. The lowest BCUT2D eigenvalue weighted by atomic mass is 10.1. The molecule has 5 nitrogen and oxygen atoms in total. The summed E-state index contributed by atoms with van der Waals surface area (Å²) in [7, 11) is 1.56. The van der Waals surface area contributed by atoms with Crippen LogP contribution in [-0.2, 0) is 11.2 Å². The topological polar surface area (TPSA) is 55.6 Å². The molecule has 0 bridgehead atoms. The van der Waals surface area contributed by atoms with E-state index in [2.05, 4.69) is 36.5 Å². The van der Waals surface area contributed by atoms with Crippen LogP contribution in [0.25, 0.3) is 16.9 Å². The van der Waals surface area contributed by atoms with Gasteiger partial charge in [-0.3, -0.25) is 4.79 Å². The molecule has 0 fully saturated rings. The third-order valence-electron chi connectivity index (χ3n) is 4.98. The summed E-state index contributed by atoms with van der Waals surface area (Å²) in [4.78, 5) is 17.5. The number of hydrogen-bond donors (Lipinski definition) is 1. The number of fused-ring (bicyclic) bond motifs is 1. The van der Waals surface area contributed by atoms with E-state index in [4.69, 9.17) is 21.3 Å². The van der Waals surface area contributed by atoms with Crippen LogP contribution in [0.4, 0.5) is 5.69 Å². The van der Waals surface area contributed by atoms with Crippen molar-refractivity contribution in [3.05, 3.63) is 83.1 Å². The van der Waals surface area contributed by atoms with Gasteiger partial charge in [0.2, 0.25) is 5.91 Å². The Morgan fingerprint density at radius 3 is 2.70 bits per heavy atom. The minimum atomic E-state index is -0.115. The van der Waals surface area contributed by atoms with E-state index in [1.165, 1.54) is 5.56 Å². The monoisotopic (exact) mass is 419 g/mol. The highest BCUT2D eigenvalue weighted by atomic mass is 35.5. The number of benzene rings is 2. The number of nitrogens with zero attached hydrogens (tertiary/aromatic N) is 2. The minimum absolute atomic E-state index is 0.115. The van der Waals surface area contributed by atoms with Gasteiger partial charge in [-0.05, 0) is 43.7 Å². The second-order valence-corrected chi connectivity index (χ2v) is 7.53. The van der Waals surface area contributed by atoms with Crippen LogP contribution in [0.2, 0.25) is 5.02 Å². The Morgan fingerprint density at radius 1 is 1.13 bits per heavy atom. The number of nitrogens with one attached hydrogen (secondary N) is 1. The zero-order chi connectivity index (χ0) is 21.1. The molecule has 2 aromatic carbocycles. The van der Waals surface area contributed by atoms with Crippen LogP contribution in [0.1, 0.15) is 17.7 Å². The Bertz CT molecular complexity index is 1200. The van der Waals surface area contributed by atoms with Crippen molar-refractivity contribution in [2.45, 2.75) is 19.8 Å². The molecule has 0 saturated heterocycles. The number of imidazole rings is 1. The van der Waals surface area contributed by atoms with E-state index in [0.717, 1.165) is 22.6 Å². The van der Waals surface area contributed by atoms with Crippen molar-refractivity contribution in [3.63, 3.8) is 0 Å². The average molecular weight is 420 g/mol. The van der Waals surface area contributed by atoms with Crippen molar-refractivity contribution < 1.29 is 9.53 Å². The number of pyridine rings is 1. The van der Waals surface area contributed by atoms with Gasteiger partial charge in [-0.2, -0.15) is 0 Å². The highest BCUT2D eigenvalue weighted by molar-refractivity contribution is 6.31. The van der Waals surface area contributed by atoms with Gasteiger partial charge < -0.3 is 14.5 Å². The fraction of sp³-hybridized carbons (Fsp3) is 0.167. The molecule has 6 heteroatoms. The highest BCUT2D eigenvalue weighted by Crippen LogP contribution is 2.29. The van der Waals surface area contributed by atoms with Crippen molar-refractivity contribution >= 4 is 28.8 Å². The molecule has 0 spiro atoms. The number of aryl methyl sites for hydroxylation is 2. The lowest BCUT2D eigenvalue weighted by Crippen LogP contribution is -2.14. The van der Waals surface area contributed by atoms with Crippen LogP contribution < -0.4 is 10.1 Å². The fourth-order valence-electron chi connectivity index (χ4n) is 3.45. The summed E-state index contributed by atoms with van der Waals surface area (Å²) in [5, 5.41) is 3.44. The number of ether oxygens (including phenoxy) is 1. The van der Waals surface area contributed by atoms with Gasteiger partial charge in [0.25, 0.3) is 0 Å². The molecule has 152 valence electrons. The number of methoxy groups -OCH3 is 1. The Morgan fingerprint density at radius 2 is 1.93 bits per heavy atom. The molecule has 0 atom stereocenters. The number of carbonyl (C=O) groups excluding carboxylic acids is 1. The number of amides is 1. The van der Waals surface area contributed by atoms with Gasteiger partial charge in [-0.25, -0.2) is 4.98 Å². The molecule has 0 saturated carbocycles. The molecule has 2 heterocycles. The van der Waals surface area contributed by atoms with Crippen LogP contribution >= 0.6 is 11.6 Å². The SMILES string of the molecule is COc1ccc(Cl)cc1NC(=O)CCc1c(-c2ccc(C)cc2)nc2ccccn12. The van der Waals surface area contributed by atoms with Gasteiger partial charge in [-0.15, -0.1) is 0 Å². The van der Waals surface area contributed by atoms with Crippen molar-refractivity contribution in [1.82, 2.24) is 9.38 Å². The van der Waals surface area contributed by atoms with Crippen LogP contribution in [-0.4, -0.2) is 22.4 Å². The first-order chi connectivity index (χ1) is 14.5. The molecule has 1 N–H and O–H groups in total. The van der Waals surface area contributed by atoms with Gasteiger partial charge in [-0.1, -0.05) is 47.5 Å². The molecule has 0 aliphatic rings. The molecule has 0 radical (unpaired) electrons. The van der Waals surface area contributed by atoms with Gasteiger partial charge in [0, 0.05) is 23.2 Å². The lowest BCUT2D eigenvalue weighted by Gasteiger charge is -2.11. The van der Waals surface area contributed by atoms with E-state index >= 15 is 0 Å². The molecule has 2 aromatic heterocycles. The van der Waals surface area contributed by atoms with Gasteiger partial charge in [0.05, 0.1) is 24.2 Å². The quantitative estimate of drug-likeness (QED) is 0.446. The minimum Gasteiger partial charge on any atom is -0.495 e. The zero-order valence-electron chi connectivity index (χ0n) is 16.9. The first-order valence-electron chi connectivity index (χ1n) is 9.71. The molecule has 0 aliphatic heterocycles. The van der Waals surface area contributed by atoms with Gasteiger partial charge >= 0.3 is 0 Å². The van der Waals surface area contributed by atoms with E-state index in [0.29, 0.717) is 29.3 Å². The van der Waals surface area contributed by atoms with E-state index in [9.17, 15) is 4.79 Å². The highest BCUT2D eigenvalue weighted by Gasteiger charge is 2.16. The summed E-state index contributed by atoms with van der Waals surface area (Å²) in [6.45, 7) is 2.06. The van der Waals surface area contributed by atoms with E-state index in [-0.39, 0.29) is 5.91 Å². The summed E-state index contributed by atoms with van der Waals surface area (Å²) < 4.78 is 7.35. The van der Waals surface area contributed by atoms with Crippen molar-refractivity contribution in [3.8, 4) is 17.0 Å². The van der Waals surface area contributed by atoms with Gasteiger partial charge in [0.1, 0.15) is 11.4 Å². The number of carbonyl (C=O) groups is 1. The molecule has 1 amide bonds. The van der Waals surface area contributed by atoms with Crippen molar-refractivity contribution in [1.29, 1.82) is 0 Å². The number of aromatic nitrogens is 2. The van der Waals surface area contributed by atoms with Crippen LogP contribution in [0, 0.1) is 6.92 Å². The third-order valence-corrected chi connectivity index (χ3v) is 5.21. The number of rotatable bonds is 6. The summed E-state index contributed by atoms with van der Waals surface area (Å²) in [5.74, 6) is 0.458. The summed E-state index contributed by atoms with van der Waals surface area (Å²) >= 11 is 6.06. The smallest absolute Gasteiger partial charge is 0.224 e. The molecule has 4 aromatic rings. The predicted molar refractivity (Wildman–Crippen MR) is 120 cm³/mol. The molecule has 4 rings (SSSR count). The van der Waals surface area contributed by atoms with Crippen LogP contribution in [0.15, 0.2) is 66.9 Å². The maximum atomic E-state index is 12.7. The maximum absolute atomic E-state index is 12.7. The summed E-state index contributed by atoms with van der Waals surface area (Å²) in [6.07, 6.45) is 2.83. The van der Waals surface area contributed by atoms with E-state index in [1.807, 2.05) is 28.8 Å².